The van der Waals surface area contributed by atoms with Crippen molar-refractivity contribution in [1.82, 2.24) is 14.8 Å². The van der Waals surface area contributed by atoms with E-state index in [1.807, 2.05) is 42.6 Å². The largest absolute Gasteiger partial charge is 0.507 e. The molecule has 0 bridgehead atoms. The van der Waals surface area contributed by atoms with Crippen molar-refractivity contribution in [1.29, 1.82) is 0 Å². The highest BCUT2D eigenvalue weighted by Gasteiger charge is 2.07. The number of benzene rings is 1. The number of rotatable bonds is 2. The summed E-state index contributed by atoms with van der Waals surface area (Å²) in [5, 5.41) is 14.2. The summed E-state index contributed by atoms with van der Waals surface area (Å²) in [6, 6.07) is 14.6. The standard InChI is InChI=1S/C14H11N3O/c18-13-6-2-1-5-11(13)12-8-10-17(16-12)14-7-3-4-9-15-14/h1-10,18H. The van der Waals surface area contributed by atoms with E-state index < -0.39 is 0 Å². The van der Waals surface area contributed by atoms with Crippen LogP contribution < -0.4 is 0 Å². The number of hydrogen-bond donors (Lipinski definition) is 1. The summed E-state index contributed by atoms with van der Waals surface area (Å²) >= 11 is 0. The summed E-state index contributed by atoms with van der Waals surface area (Å²) in [5.41, 5.74) is 1.44. The molecule has 0 amide bonds. The number of nitrogens with zero attached hydrogens (tertiary/aromatic N) is 3. The van der Waals surface area contributed by atoms with E-state index >= 15 is 0 Å². The second-order valence-electron chi connectivity index (χ2n) is 3.85. The normalized spacial score (nSPS) is 10.4. The minimum atomic E-state index is 0.226. The van der Waals surface area contributed by atoms with Crippen LogP contribution in [0.25, 0.3) is 17.1 Å². The Morgan fingerprint density at radius 2 is 1.78 bits per heavy atom. The SMILES string of the molecule is Oc1ccccc1-c1ccn(-c2ccccn2)n1. The van der Waals surface area contributed by atoms with Crippen molar-refractivity contribution >= 4 is 0 Å². The Labute approximate surface area is 104 Å². The zero-order valence-electron chi connectivity index (χ0n) is 9.56. The molecule has 0 fully saturated rings. The van der Waals surface area contributed by atoms with E-state index in [1.54, 1.807) is 23.0 Å². The van der Waals surface area contributed by atoms with Gasteiger partial charge in [-0.1, -0.05) is 18.2 Å². The predicted molar refractivity (Wildman–Crippen MR) is 68.5 cm³/mol. The van der Waals surface area contributed by atoms with Gasteiger partial charge in [-0.15, -0.1) is 0 Å². The van der Waals surface area contributed by atoms with Crippen molar-refractivity contribution < 1.29 is 5.11 Å². The van der Waals surface area contributed by atoms with E-state index in [2.05, 4.69) is 10.1 Å². The lowest BCUT2D eigenvalue weighted by atomic mass is 10.1. The molecule has 2 heterocycles. The number of aromatic hydroxyl groups is 1. The van der Waals surface area contributed by atoms with Crippen LogP contribution in [0.1, 0.15) is 0 Å². The lowest BCUT2D eigenvalue weighted by Gasteiger charge is -2.01. The highest BCUT2D eigenvalue weighted by Crippen LogP contribution is 2.27. The number of phenolic OH excluding ortho intramolecular Hbond substituents is 1. The fourth-order valence-corrected chi connectivity index (χ4v) is 1.77. The average molecular weight is 237 g/mol. The third-order valence-corrected chi connectivity index (χ3v) is 2.65. The molecule has 0 saturated carbocycles. The second kappa shape index (κ2) is 4.33. The third-order valence-electron chi connectivity index (χ3n) is 2.65. The molecule has 4 nitrogen and oxygen atoms in total. The Morgan fingerprint density at radius 3 is 2.56 bits per heavy atom. The molecule has 0 aliphatic heterocycles. The van der Waals surface area contributed by atoms with Gasteiger partial charge >= 0.3 is 0 Å². The van der Waals surface area contributed by atoms with Gasteiger partial charge in [0, 0.05) is 18.0 Å². The van der Waals surface area contributed by atoms with Gasteiger partial charge < -0.3 is 5.11 Å². The van der Waals surface area contributed by atoms with Crippen LogP contribution >= 0.6 is 0 Å². The summed E-state index contributed by atoms with van der Waals surface area (Å²) in [6.45, 7) is 0. The fourth-order valence-electron chi connectivity index (χ4n) is 1.77. The first kappa shape index (κ1) is 10.5. The molecular weight excluding hydrogens is 226 g/mol. The van der Waals surface area contributed by atoms with Gasteiger partial charge in [0.2, 0.25) is 0 Å². The van der Waals surface area contributed by atoms with E-state index in [1.165, 1.54) is 0 Å². The van der Waals surface area contributed by atoms with Crippen molar-refractivity contribution in [2.45, 2.75) is 0 Å². The summed E-state index contributed by atoms with van der Waals surface area (Å²) in [6.07, 6.45) is 3.54. The molecule has 0 atom stereocenters. The molecular formula is C14H11N3O. The zero-order valence-corrected chi connectivity index (χ0v) is 9.56. The Morgan fingerprint density at radius 1 is 0.944 bits per heavy atom. The minimum absolute atomic E-state index is 0.226. The lowest BCUT2D eigenvalue weighted by Crippen LogP contribution is -1.97. The van der Waals surface area contributed by atoms with Gasteiger partial charge in [-0.25, -0.2) is 9.67 Å². The third kappa shape index (κ3) is 1.84. The molecule has 4 heteroatoms. The van der Waals surface area contributed by atoms with E-state index in [0.717, 1.165) is 11.5 Å². The predicted octanol–water partition coefficient (Wildman–Crippen LogP) is 2.64. The highest BCUT2D eigenvalue weighted by molar-refractivity contribution is 5.66. The maximum atomic E-state index is 9.78. The Balaban J connectivity index is 2.03. The van der Waals surface area contributed by atoms with Crippen molar-refractivity contribution in [3.8, 4) is 22.8 Å². The Bertz CT molecular complexity index is 662. The molecule has 0 radical (unpaired) electrons. The Kier molecular flexibility index (Phi) is 2.53. The molecule has 0 aliphatic carbocycles. The van der Waals surface area contributed by atoms with E-state index in [-0.39, 0.29) is 5.75 Å². The monoisotopic (exact) mass is 237 g/mol. The molecule has 0 aliphatic rings. The highest BCUT2D eigenvalue weighted by atomic mass is 16.3. The average Bonchev–Trinajstić information content (AvgIpc) is 2.90. The molecule has 0 spiro atoms. The molecule has 3 rings (SSSR count). The van der Waals surface area contributed by atoms with Crippen LogP contribution in [0.5, 0.6) is 5.75 Å². The number of hydrogen-bond acceptors (Lipinski definition) is 3. The summed E-state index contributed by atoms with van der Waals surface area (Å²) in [4.78, 5) is 4.22. The van der Waals surface area contributed by atoms with Gasteiger partial charge in [0.05, 0.1) is 5.69 Å². The summed E-state index contributed by atoms with van der Waals surface area (Å²) in [5.74, 6) is 0.975. The van der Waals surface area contributed by atoms with Crippen molar-refractivity contribution in [2.75, 3.05) is 0 Å². The molecule has 0 unspecified atom stereocenters. The van der Waals surface area contributed by atoms with E-state index in [0.29, 0.717) is 5.56 Å². The van der Waals surface area contributed by atoms with Crippen LogP contribution in [-0.4, -0.2) is 19.9 Å². The molecule has 88 valence electrons. The maximum Gasteiger partial charge on any atom is 0.153 e. The smallest absolute Gasteiger partial charge is 0.153 e. The fraction of sp³-hybridized carbons (Fsp3) is 0. The van der Waals surface area contributed by atoms with E-state index in [4.69, 9.17) is 0 Å². The first-order valence-corrected chi connectivity index (χ1v) is 5.60. The van der Waals surface area contributed by atoms with Gasteiger partial charge in [0.25, 0.3) is 0 Å². The summed E-state index contributed by atoms with van der Waals surface area (Å²) in [7, 11) is 0. The van der Waals surface area contributed by atoms with Crippen LogP contribution in [0.15, 0.2) is 60.9 Å². The van der Waals surface area contributed by atoms with Gasteiger partial charge in [-0.2, -0.15) is 5.10 Å². The van der Waals surface area contributed by atoms with Crippen molar-refractivity contribution in [2.24, 2.45) is 0 Å². The lowest BCUT2D eigenvalue weighted by molar-refractivity contribution is 0.477. The maximum absolute atomic E-state index is 9.78. The minimum Gasteiger partial charge on any atom is -0.507 e. The second-order valence-corrected chi connectivity index (χ2v) is 3.85. The molecule has 2 aromatic heterocycles. The molecule has 1 N–H and O–H groups in total. The van der Waals surface area contributed by atoms with Gasteiger partial charge in [-0.3, -0.25) is 0 Å². The van der Waals surface area contributed by atoms with Gasteiger partial charge in [0.1, 0.15) is 5.75 Å². The van der Waals surface area contributed by atoms with Gasteiger partial charge in [0.15, 0.2) is 5.82 Å². The number of aromatic nitrogens is 3. The number of pyridine rings is 1. The van der Waals surface area contributed by atoms with Crippen molar-refractivity contribution in [3.05, 3.63) is 60.9 Å². The summed E-state index contributed by atoms with van der Waals surface area (Å²) < 4.78 is 1.68. The Hall–Kier alpha value is -2.62. The van der Waals surface area contributed by atoms with Gasteiger partial charge in [-0.05, 0) is 30.3 Å². The van der Waals surface area contributed by atoms with Crippen LogP contribution in [0.2, 0.25) is 0 Å². The molecule has 1 aromatic carbocycles. The number of para-hydroxylation sites is 1. The molecule has 3 aromatic rings. The zero-order chi connectivity index (χ0) is 12.4. The first-order valence-electron chi connectivity index (χ1n) is 5.60. The number of phenols is 1. The quantitative estimate of drug-likeness (QED) is 0.745. The molecule has 18 heavy (non-hydrogen) atoms. The first-order chi connectivity index (χ1) is 8.84. The topological polar surface area (TPSA) is 50.9 Å². The van der Waals surface area contributed by atoms with Crippen LogP contribution in [0.3, 0.4) is 0 Å². The van der Waals surface area contributed by atoms with Crippen molar-refractivity contribution in [3.63, 3.8) is 0 Å². The van der Waals surface area contributed by atoms with Crippen LogP contribution in [0.4, 0.5) is 0 Å². The van der Waals surface area contributed by atoms with E-state index in [9.17, 15) is 5.11 Å². The van der Waals surface area contributed by atoms with Crippen LogP contribution in [-0.2, 0) is 0 Å². The van der Waals surface area contributed by atoms with Crippen LogP contribution in [0, 0.1) is 0 Å². The molecule has 0 saturated heterocycles.